The van der Waals surface area contributed by atoms with Crippen LogP contribution in [0.4, 0.5) is 0 Å². The van der Waals surface area contributed by atoms with Gasteiger partial charge in [0.2, 0.25) is 5.91 Å². The van der Waals surface area contributed by atoms with Gasteiger partial charge in [-0.05, 0) is 41.7 Å². The van der Waals surface area contributed by atoms with E-state index in [1.54, 1.807) is 6.33 Å². The SMILES string of the molecule is O=C(CS(=O)(=O)CCCc1ccccc1)NC(c1ccccc1)c1ccc2nc[nH]c2c1. The second-order valence-electron chi connectivity index (χ2n) is 7.77. The number of hydrogen-bond donors (Lipinski definition) is 2. The Hall–Kier alpha value is -3.45. The van der Waals surface area contributed by atoms with Crippen molar-refractivity contribution in [3.63, 3.8) is 0 Å². The van der Waals surface area contributed by atoms with Crippen LogP contribution in [0.15, 0.2) is 85.2 Å². The Morgan fingerprint density at radius 3 is 2.41 bits per heavy atom. The van der Waals surface area contributed by atoms with Gasteiger partial charge in [0, 0.05) is 0 Å². The van der Waals surface area contributed by atoms with Gasteiger partial charge in [-0.15, -0.1) is 0 Å². The van der Waals surface area contributed by atoms with Crippen LogP contribution < -0.4 is 5.32 Å². The maximum absolute atomic E-state index is 12.8. The lowest BCUT2D eigenvalue weighted by atomic mass is 9.98. The lowest BCUT2D eigenvalue weighted by Gasteiger charge is -2.20. The van der Waals surface area contributed by atoms with Crippen molar-refractivity contribution in [1.29, 1.82) is 0 Å². The molecular formula is C25H25N3O3S. The minimum absolute atomic E-state index is 0.0224. The third-order valence-corrected chi connectivity index (χ3v) is 6.94. The average Bonchev–Trinajstić information content (AvgIpc) is 3.26. The summed E-state index contributed by atoms with van der Waals surface area (Å²) < 4.78 is 25.1. The van der Waals surface area contributed by atoms with Gasteiger partial charge >= 0.3 is 0 Å². The zero-order valence-corrected chi connectivity index (χ0v) is 18.4. The van der Waals surface area contributed by atoms with E-state index in [4.69, 9.17) is 0 Å². The summed E-state index contributed by atoms with van der Waals surface area (Å²) in [7, 11) is -3.51. The average molecular weight is 448 g/mol. The molecule has 6 nitrogen and oxygen atoms in total. The van der Waals surface area contributed by atoms with Crippen LogP contribution in [0.2, 0.25) is 0 Å². The number of sulfone groups is 1. The number of rotatable bonds is 9. The van der Waals surface area contributed by atoms with E-state index in [-0.39, 0.29) is 5.75 Å². The molecule has 0 aliphatic heterocycles. The molecule has 0 bridgehead atoms. The molecule has 4 aromatic rings. The van der Waals surface area contributed by atoms with E-state index in [0.29, 0.717) is 12.8 Å². The molecule has 4 rings (SSSR count). The topological polar surface area (TPSA) is 91.9 Å². The van der Waals surface area contributed by atoms with Crippen LogP contribution in [-0.2, 0) is 21.1 Å². The van der Waals surface area contributed by atoms with Crippen LogP contribution >= 0.6 is 0 Å². The molecule has 0 spiro atoms. The van der Waals surface area contributed by atoms with Gasteiger partial charge in [-0.2, -0.15) is 0 Å². The molecular weight excluding hydrogens is 422 g/mol. The van der Waals surface area contributed by atoms with E-state index in [2.05, 4.69) is 15.3 Å². The quantitative estimate of drug-likeness (QED) is 0.408. The summed E-state index contributed by atoms with van der Waals surface area (Å²) in [6, 6.07) is 24.5. The van der Waals surface area contributed by atoms with Crippen molar-refractivity contribution < 1.29 is 13.2 Å². The number of H-pyrrole nitrogens is 1. The molecule has 0 radical (unpaired) electrons. The van der Waals surface area contributed by atoms with E-state index in [0.717, 1.165) is 27.7 Å². The molecule has 7 heteroatoms. The number of carbonyl (C=O) groups excluding carboxylic acids is 1. The largest absolute Gasteiger partial charge is 0.345 e. The Morgan fingerprint density at radius 2 is 1.66 bits per heavy atom. The van der Waals surface area contributed by atoms with E-state index < -0.39 is 27.5 Å². The molecule has 1 amide bonds. The molecule has 164 valence electrons. The van der Waals surface area contributed by atoms with Crippen molar-refractivity contribution in [3.05, 3.63) is 102 Å². The maximum atomic E-state index is 12.8. The number of aryl methyl sites for hydroxylation is 1. The molecule has 2 N–H and O–H groups in total. The van der Waals surface area contributed by atoms with E-state index in [1.165, 1.54) is 0 Å². The number of amides is 1. The van der Waals surface area contributed by atoms with Crippen LogP contribution in [0, 0.1) is 0 Å². The summed E-state index contributed by atoms with van der Waals surface area (Å²) in [6.07, 6.45) is 2.77. The predicted molar refractivity (Wildman–Crippen MR) is 126 cm³/mol. The Morgan fingerprint density at radius 1 is 0.938 bits per heavy atom. The highest BCUT2D eigenvalue weighted by Gasteiger charge is 2.22. The van der Waals surface area contributed by atoms with Gasteiger partial charge in [0.1, 0.15) is 5.75 Å². The number of nitrogens with one attached hydrogen (secondary N) is 2. The Bertz CT molecular complexity index is 1290. The Labute approximate surface area is 187 Å². The number of imidazole rings is 1. The molecule has 1 unspecified atom stereocenters. The number of hydrogen-bond acceptors (Lipinski definition) is 4. The Kier molecular flexibility index (Phi) is 6.66. The van der Waals surface area contributed by atoms with Gasteiger partial charge in [-0.25, -0.2) is 13.4 Å². The normalized spacial score (nSPS) is 12.5. The van der Waals surface area contributed by atoms with E-state index in [1.807, 2.05) is 78.9 Å². The van der Waals surface area contributed by atoms with Gasteiger partial charge in [0.15, 0.2) is 9.84 Å². The molecule has 32 heavy (non-hydrogen) atoms. The molecule has 0 aliphatic rings. The molecule has 3 aromatic carbocycles. The molecule has 0 saturated carbocycles. The first kappa shape index (κ1) is 21.8. The number of aromatic nitrogens is 2. The fraction of sp³-hybridized carbons (Fsp3) is 0.200. The van der Waals surface area contributed by atoms with Gasteiger partial charge < -0.3 is 10.3 Å². The lowest BCUT2D eigenvalue weighted by Crippen LogP contribution is -2.35. The second-order valence-corrected chi connectivity index (χ2v) is 9.96. The predicted octanol–water partition coefficient (Wildman–Crippen LogP) is 3.82. The van der Waals surface area contributed by atoms with Crippen LogP contribution in [0.5, 0.6) is 0 Å². The summed E-state index contributed by atoms with van der Waals surface area (Å²) in [6.45, 7) is 0. The van der Waals surface area contributed by atoms with Crippen molar-refractivity contribution in [2.75, 3.05) is 11.5 Å². The zero-order chi connectivity index (χ0) is 22.4. The number of carbonyl (C=O) groups is 1. The summed E-state index contributed by atoms with van der Waals surface area (Å²) in [5.41, 5.74) is 4.49. The fourth-order valence-corrected chi connectivity index (χ4v) is 4.96. The van der Waals surface area contributed by atoms with Crippen molar-refractivity contribution in [2.45, 2.75) is 18.9 Å². The third-order valence-electron chi connectivity index (χ3n) is 5.33. The van der Waals surface area contributed by atoms with Gasteiger partial charge in [0.25, 0.3) is 0 Å². The van der Waals surface area contributed by atoms with Crippen LogP contribution in [0.25, 0.3) is 11.0 Å². The molecule has 0 saturated heterocycles. The summed E-state index contributed by atoms with van der Waals surface area (Å²) in [5.74, 6) is -1.06. The highest BCUT2D eigenvalue weighted by Crippen LogP contribution is 2.24. The van der Waals surface area contributed by atoms with E-state index in [9.17, 15) is 13.2 Å². The van der Waals surface area contributed by atoms with Gasteiger partial charge in [0.05, 0.1) is 29.2 Å². The molecule has 0 aliphatic carbocycles. The minimum atomic E-state index is -3.51. The molecule has 1 aromatic heterocycles. The smallest absolute Gasteiger partial charge is 0.235 e. The maximum Gasteiger partial charge on any atom is 0.235 e. The number of fused-ring (bicyclic) bond motifs is 1. The van der Waals surface area contributed by atoms with Crippen LogP contribution in [-0.4, -0.2) is 35.8 Å². The van der Waals surface area contributed by atoms with Crippen molar-refractivity contribution in [1.82, 2.24) is 15.3 Å². The highest BCUT2D eigenvalue weighted by molar-refractivity contribution is 7.92. The number of nitrogens with zero attached hydrogens (tertiary/aromatic N) is 1. The molecule has 1 atom stereocenters. The molecule has 1 heterocycles. The van der Waals surface area contributed by atoms with Gasteiger partial charge in [-0.3, -0.25) is 4.79 Å². The zero-order valence-electron chi connectivity index (χ0n) is 17.6. The first-order valence-corrected chi connectivity index (χ1v) is 12.3. The molecule has 0 fully saturated rings. The highest BCUT2D eigenvalue weighted by atomic mass is 32.2. The Balaban J connectivity index is 1.45. The lowest BCUT2D eigenvalue weighted by molar-refractivity contribution is -0.119. The standard InChI is InChI=1S/C25H25N3O3S/c29-24(17-32(30,31)15-7-10-19-8-3-1-4-9-19)28-25(20-11-5-2-6-12-20)21-13-14-22-23(16-21)27-18-26-22/h1-6,8-9,11-14,16,18,25H,7,10,15,17H2,(H,26,27)(H,28,29). The monoisotopic (exact) mass is 447 g/mol. The first-order valence-electron chi connectivity index (χ1n) is 10.5. The second kappa shape index (κ2) is 9.78. The first-order chi connectivity index (χ1) is 15.5. The van der Waals surface area contributed by atoms with Crippen LogP contribution in [0.3, 0.4) is 0 Å². The number of aromatic amines is 1. The van der Waals surface area contributed by atoms with Crippen molar-refractivity contribution in [3.8, 4) is 0 Å². The van der Waals surface area contributed by atoms with Crippen molar-refractivity contribution >= 4 is 26.8 Å². The fourth-order valence-electron chi connectivity index (χ4n) is 3.75. The van der Waals surface area contributed by atoms with Crippen LogP contribution in [0.1, 0.15) is 29.2 Å². The summed E-state index contributed by atoms with van der Waals surface area (Å²) in [5, 5.41) is 2.92. The van der Waals surface area contributed by atoms with E-state index >= 15 is 0 Å². The summed E-state index contributed by atoms with van der Waals surface area (Å²) >= 11 is 0. The number of benzene rings is 3. The van der Waals surface area contributed by atoms with Crippen molar-refractivity contribution in [2.24, 2.45) is 0 Å². The summed E-state index contributed by atoms with van der Waals surface area (Å²) in [4.78, 5) is 20.1. The minimum Gasteiger partial charge on any atom is -0.345 e. The third kappa shape index (κ3) is 5.62. The van der Waals surface area contributed by atoms with Gasteiger partial charge in [-0.1, -0.05) is 66.7 Å².